The van der Waals surface area contributed by atoms with Gasteiger partial charge >= 0.3 is 0 Å². The molecule has 0 unspecified atom stereocenters. The topological polar surface area (TPSA) is 42.3 Å². The zero-order valence-electron chi connectivity index (χ0n) is 16.3. The van der Waals surface area contributed by atoms with Crippen molar-refractivity contribution in [3.05, 3.63) is 87.0 Å². The Morgan fingerprint density at radius 3 is 2.41 bits per heavy atom. The third-order valence-electron chi connectivity index (χ3n) is 5.04. The summed E-state index contributed by atoms with van der Waals surface area (Å²) >= 11 is 7.27. The summed E-state index contributed by atoms with van der Waals surface area (Å²) in [6.07, 6.45) is 1.80. The fraction of sp³-hybridized carbons (Fsp3) is 0.130. The van der Waals surface area contributed by atoms with E-state index in [1.165, 1.54) is 4.90 Å². The summed E-state index contributed by atoms with van der Waals surface area (Å²) in [6, 6.07) is 16.8. The number of carbonyl (C=O) groups is 2. The highest BCUT2D eigenvalue weighted by atomic mass is 35.5. The molecule has 0 N–H and O–H groups in total. The highest BCUT2D eigenvalue weighted by Crippen LogP contribution is 2.37. The van der Waals surface area contributed by atoms with Crippen molar-refractivity contribution in [2.45, 2.75) is 20.8 Å². The van der Waals surface area contributed by atoms with Crippen LogP contribution in [0, 0.1) is 20.8 Å². The number of carbonyl (C=O) groups excluding carboxylic acids is 2. The molecule has 0 radical (unpaired) electrons. The van der Waals surface area contributed by atoms with Crippen LogP contribution in [0.4, 0.5) is 10.5 Å². The summed E-state index contributed by atoms with van der Waals surface area (Å²) in [5, 5.41) is 0.424. The molecule has 4 rings (SSSR count). The Bertz CT molecular complexity index is 1170. The number of aromatic nitrogens is 1. The van der Waals surface area contributed by atoms with E-state index < -0.39 is 0 Å². The molecule has 0 bridgehead atoms. The first-order valence-corrected chi connectivity index (χ1v) is 10.4. The Kier molecular flexibility index (Phi) is 5.11. The maximum atomic E-state index is 12.9. The molecule has 29 heavy (non-hydrogen) atoms. The van der Waals surface area contributed by atoms with Gasteiger partial charge in [0.25, 0.3) is 11.1 Å². The molecule has 0 spiro atoms. The van der Waals surface area contributed by atoms with Gasteiger partial charge in [-0.3, -0.25) is 9.59 Å². The molecule has 3 aromatic rings. The van der Waals surface area contributed by atoms with Crippen LogP contribution in [-0.2, 0) is 4.79 Å². The van der Waals surface area contributed by atoms with Gasteiger partial charge in [-0.05, 0) is 80.1 Å². The van der Waals surface area contributed by atoms with E-state index in [0.29, 0.717) is 15.6 Å². The van der Waals surface area contributed by atoms with Crippen LogP contribution in [0.5, 0.6) is 0 Å². The first-order chi connectivity index (χ1) is 13.9. The minimum absolute atomic E-state index is 0.285. The SMILES string of the molecule is Cc1c(Cl)cccc1-n1c(C)cc(/C=C2/SC(=O)N(c3ccccc3)C2=O)c1C. The largest absolute Gasteiger partial charge is 0.318 e. The number of halogens is 1. The van der Waals surface area contributed by atoms with Crippen molar-refractivity contribution in [3.8, 4) is 5.69 Å². The van der Waals surface area contributed by atoms with Gasteiger partial charge in [-0.2, -0.15) is 0 Å². The molecule has 0 atom stereocenters. The van der Waals surface area contributed by atoms with Crippen molar-refractivity contribution < 1.29 is 9.59 Å². The number of rotatable bonds is 3. The quantitative estimate of drug-likeness (QED) is 0.465. The van der Waals surface area contributed by atoms with E-state index in [9.17, 15) is 9.59 Å². The van der Waals surface area contributed by atoms with E-state index >= 15 is 0 Å². The monoisotopic (exact) mass is 422 g/mol. The summed E-state index contributed by atoms with van der Waals surface area (Å²) in [5.74, 6) is -0.296. The van der Waals surface area contributed by atoms with Crippen molar-refractivity contribution in [2.24, 2.45) is 0 Å². The number of amides is 2. The maximum absolute atomic E-state index is 12.9. The highest BCUT2D eigenvalue weighted by Gasteiger charge is 2.36. The lowest BCUT2D eigenvalue weighted by atomic mass is 10.2. The average Bonchev–Trinajstić information content (AvgIpc) is 3.13. The molecule has 146 valence electrons. The Morgan fingerprint density at radius 2 is 1.69 bits per heavy atom. The molecule has 2 aromatic carbocycles. The summed E-state index contributed by atoms with van der Waals surface area (Å²) in [5.41, 5.74) is 5.50. The molecule has 1 saturated heterocycles. The van der Waals surface area contributed by atoms with Gasteiger partial charge in [0.05, 0.1) is 10.6 Å². The van der Waals surface area contributed by atoms with E-state index in [2.05, 4.69) is 4.57 Å². The number of hydrogen-bond acceptors (Lipinski definition) is 3. The summed E-state index contributed by atoms with van der Waals surface area (Å²) in [4.78, 5) is 27.0. The van der Waals surface area contributed by atoms with Crippen molar-refractivity contribution in [1.29, 1.82) is 0 Å². The molecule has 0 aliphatic carbocycles. The minimum atomic E-state index is -0.296. The minimum Gasteiger partial charge on any atom is -0.318 e. The third kappa shape index (κ3) is 3.41. The van der Waals surface area contributed by atoms with Gasteiger partial charge in [-0.1, -0.05) is 35.9 Å². The van der Waals surface area contributed by atoms with Crippen molar-refractivity contribution in [1.82, 2.24) is 4.57 Å². The summed E-state index contributed by atoms with van der Waals surface area (Å²) < 4.78 is 2.12. The second kappa shape index (κ2) is 7.58. The predicted molar refractivity (Wildman–Crippen MR) is 120 cm³/mol. The maximum Gasteiger partial charge on any atom is 0.298 e. The molecule has 1 aliphatic rings. The van der Waals surface area contributed by atoms with E-state index in [4.69, 9.17) is 11.6 Å². The van der Waals surface area contributed by atoms with Crippen LogP contribution in [0.25, 0.3) is 11.8 Å². The summed E-state index contributed by atoms with van der Waals surface area (Å²) in [6.45, 7) is 6.00. The molecule has 2 amide bonds. The van der Waals surface area contributed by atoms with Crippen LogP contribution >= 0.6 is 23.4 Å². The predicted octanol–water partition coefficient (Wildman–Crippen LogP) is 6.30. The number of imide groups is 1. The molecule has 1 aromatic heterocycles. The molecule has 2 heterocycles. The lowest BCUT2D eigenvalue weighted by Crippen LogP contribution is -2.27. The molecular formula is C23H19ClN2O2S. The van der Waals surface area contributed by atoms with Crippen LogP contribution < -0.4 is 4.90 Å². The van der Waals surface area contributed by atoms with Gasteiger partial charge in [0, 0.05) is 22.1 Å². The molecule has 4 nitrogen and oxygen atoms in total. The molecule has 0 saturated carbocycles. The first kappa shape index (κ1) is 19.6. The molecule has 1 fully saturated rings. The van der Waals surface area contributed by atoms with Crippen molar-refractivity contribution in [2.75, 3.05) is 4.90 Å². The Balaban J connectivity index is 1.74. The standard InChI is InChI=1S/C23H19ClN2O2S/c1-14-12-17(16(3)25(14)20-11-7-10-19(24)15(20)2)13-21-22(27)26(23(28)29-21)18-8-5-4-6-9-18/h4-13H,1-3H3/b21-13+. The fourth-order valence-corrected chi connectivity index (χ4v) is 4.55. The van der Waals surface area contributed by atoms with E-state index in [0.717, 1.165) is 40.0 Å². The number of hydrogen-bond donors (Lipinski definition) is 0. The number of thioether (sulfide) groups is 1. The Hall–Kier alpha value is -2.76. The third-order valence-corrected chi connectivity index (χ3v) is 6.32. The van der Waals surface area contributed by atoms with Crippen LogP contribution in [0.1, 0.15) is 22.5 Å². The normalized spacial score (nSPS) is 15.6. The van der Waals surface area contributed by atoms with Crippen LogP contribution in [0.2, 0.25) is 5.02 Å². The van der Waals surface area contributed by atoms with Crippen LogP contribution in [-0.4, -0.2) is 15.7 Å². The van der Waals surface area contributed by atoms with Gasteiger partial charge in [0.2, 0.25) is 0 Å². The van der Waals surface area contributed by atoms with Gasteiger partial charge in [0.15, 0.2) is 0 Å². The number of aryl methyl sites for hydroxylation is 1. The highest BCUT2D eigenvalue weighted by molar-refractivity contribution is 8.19. The second-order valence-electron chi connectivity index (χ2n) is 6.90. The number of para-hydroxylation sites is 1. The van der Waals surface area contributed by atoms with Crippen LogP contribution in [0.3, 0.4) is 0 Å². The number of benzene rings is 2. The lowest BCUT2D eigenvalue weighted by molar-refractivity contribution is -0.113. The van der Waals surface area contributed by atoms with Gasteiger partial charge in [-0.25, -0.2) is 4.90 Å². The second-order valence-corrected chi connectivity index (χ2v) is 8.30. The smallest absolute Gasteiger partial charge is 0.298 e. The van der Waals surface area contributed by atoms with Gasteiger partial charge in [-0.15, -0.1) is 0 Å². The zero-order chi connectivity index (χ0) is 20.7. The number of anilines is 1. The van der Waals surface area contributed by atoms with Gasteiger partial charge in [0.1, 0.15) is 0 Å². The summed E-state index contributed by atoms with van der Waals surface area (Å²) in [7, 11) is 0. The van der Waals surface area contributed by atoms with Crippen LogP contribution in [0.15, 0.2) is 59.5 Å². The Labute approximate surface area is 178 Å². The van der Waals surface area contributed by atoms with E-state index in [1.54, 1.807) is 18.2 Å². The van der Waals surface area contributed by atoms with E-state index in [1.807, 2.05) is 63.2 Å². The fourth-order valence-electron chi connectivity index (χ4n) is 3.55. The molecule has 1 aliphatic heterocycles. The lowest BCUT2D eigenvalue weighted by Gasteiger charge is -2.13. The Morgan fingerprint density at radius 1 is 0.966 bits per heavy atom. The van der Waals surface area contributed by atoms with Crippen molar-refractivity contribution in [3.63, 3.8) is 0 Å². The van der Waals surface area contributed by atoms with Gasteiger partial charge < -0.3 is 4.57 Å². The molecular weight excluding hydrogens is 404 g/mol. The van der Waals surface area contributed by atoms with Crippen molar-refractivity contribution >= 4 is 46.3 Å². The zero-order valence-corrected chi connectivity index (χ0v) is 17.8. The van der Waals surface area contributed by atoms with E-state index in [-0.39, 0.29) is 11.1 Å². The molecule has 6 heteroatoms. The first-order valence-electron chi connectivity index (χ1n) is 9.16. The average molecular weight is 423 g/mol. The number of nitrogens with zero attached hydrogens (tertiary/aromatic N) is 2.